The summed E-state index contributed by atoms with van der Waals surface area (Å²) in [5.74, 6) is 0.179. The van der Waals surface area contributed by atoms with Gasteiger partial charge in [-0.2, -0.15) is 0 Å². The van der Waals surface area contributed by atoms with Crippen molar-refractivity contribution in [2.45, 2.75) is 18.2 Å². The van der Waals surface area contributed by atoms with Crippen LogP contribution in [0, 0.1) is 5.92 Å². The third kappa shape index (κ3) is 2.92. The molecule has 1 N–H and O–H groups in total. The van der Waals surface area contributed by atoms with Crippen LogP contribution in [0.4, 0.5) is 0 Å². The second-order valence-corrected chi connectivity index (χ2v) is 5.54. The Kier molecular flexibility index (Phi) is 4.47. The molecule has 1 unspecified atom stereocenters. The lowest BCUT2D eigenvalue weighted by atomic mass is 9.97. The van der Waals surface area contributed by atoms with Crippen molar-refractivity contribution in [3.63, 3.8) is 0 Å². The number of likely N-dealkylation sites (tertiary alicyclic amines) is 1. The quantitative estimate of drug-likeness (QED) is 0.514. The summed E-state index contributed by atoms with van der Waals surface area (Å²) in [5, 5.41) is 12.2. The maximum Gasteiger partial charge on any atom is 0.255 e. The topological polar surface area (TPSA) is 52.9 Å². The monoisotopic (exact) mass is 278 g/mol. The summed E-state index contributed by atoms with van der Waals surface area (Å²) in [7, 11) is 0. The lowest BCUT2D eigenvalue weighted by Gasteiger charge is -2.31. The van der Waals surface area contributed by atoms with Gasteiger partial charge in [-0.25, -0.2) is 0 Å². The number of hydrogen-bond acceptors (Lipinski definition) is 4. The summed E-state index contributed by atoms with van der Waals surface area (Å²) in [5.41, 5.74) is 1.54. The first-order chi connectivity index (χ1) is 9.17. The van der Waals surface area contributed by atoms with Crippen molar-refractivity contribution in [3.8, 4) is 0 Å². The van der Waals surface area contributed by atoms with Crippen LogP contribution in [0.25, 0.3) is 0 Å². The molecule has 4 nitrogen and oxygen atoms in total. The van der Waals surface area contributed by atoms with Crippen molar-refractivity contribution >= 4 is 23.4 Å². The third-order valence-electron chi connectivity index (χ3n) is 3.45. The highest BCUT2D eigenvalue weighted by atomic mass is 32.2. The molecule has 2 rings (SSSR count). The molecule has 0 aromatic heterocycles. The van der Waals surface area contributed by atoms with E-state index in [1.165, 1.54) is 0 Å². The molecule has 1 atom stereocenters. The number of nitrogens with zero attached hydrogens (tertiary/aromatic N) is 2. The zero-order chi connectivity index (χ0) is 13.8. The number of hydrogen-bond donors (Lipinski definition) is 1. The van der Waals surface area contributed by atoms with Crippen molar-refractivity contribution in [1.82, 2.24) is 4.90 Å². The molecule has 0 saturated carbocycles. The fourth-order valence-corrected chi connectivity index (χ4v) is 2.94. The molecule has 1 aromatic rings. The van der Waals surface area contributed by atoms with Gasteiger partial charge in [0.25, 0.3) is 5.91 Å². The van der Waals surface area contributed by atoms with Gasteiger partial charge in [0.05, 0.1) is 11.3 Å². The van der Waals surface area contributed by atoms with Gasteiger partial charge in [0.1, 0.15) is 0 Å². The molecule has 0 bridgehead atoms. The highest BCUT2D eigenvalue weighted by molar-refractivity contribution is 7.98. The molecule has 1 amide bonds. The van der Waals surface area contributed by atoms with Crippen LogP contribution >= 0.6 is 11.8 Å². The van der Waals surface area contributed by atoms with E-state index in [9.17, 15) is 4.79 Å². The molecule has 1 saturated heterocycles. The second-order valence-electron chi connectivity index (χ2n) is 4.69. The first kappa shape index (κ1) is 13.9. The number of piperidine rings is 1. The summed E-state index contributed by atoms with van der Waals surface area (Å²) in [6, 6.07) is 7.67. The van der Waals surface area contributed by atoms with E-state index in [2.05, 4.69) is 5.16 Å². The predicted octanol–water partition coefficient (Wildman–Crippen LogP) is 2.72. The molecular formula is C14H18N2O2S. The van der Waals surface area contributed by atoms with Crippen LogP contribution < -0.4 is 0 Å². The Balaban J connectivity index is 2.17. The molecule has 1 fully saturated rings. The number of rotatable bonds is 2. The van der Waals surface area contributed by atoms with Crippen molar-refractivity contribution in [3.05, 3.63) is 29.8 Å². The Hall–Kier alpha value is -1.49. The first-order valence-corrected chi connectivity index (χ1v) is 7.53. The van der Waals surface area contributed by atoms with Crippen LogP contribution in [0.15, 0.2) is 34.3 Å². The smallest absolute Gasteiger partial charge is 0.255 e. The molecule has 19 heavy (non-hydrogen) atoms. The average molecular weight is 278 g/mol. The fraction of sp³-hybridized carbons (Fsp3) is 0.429. The van der Waals surface area contributed by atoms with E-state index in [1.54, 1.807) is 11.8 Å². The maximum absolute atomic E-state index is 12.5. The molecule has 1 aliphatic rings. The number of carbonyl (C=O) groups is 1. The van der Waals surface area contributed by atoms with Crippen LogP contribution in [-0.4, -0.2) is 41.1 Å². The van der Waals surface area contributed by atoms with E-state index in [0.29, 0.717) is 19.5 Å². The lowest BCUT2D eigenvalue weighted by molar-refractivity contribution is 0.0730. The van der Waals surface area contributed by atoms with E-state index in [4.69, 9.17) is 5.21 Å². The molecule has 0 aliphatic carbocycles. The largest absolute Gasteiger partial charge is 0.411 e. The normalized spacial score (nSPS) is 21.7. The number of amides is 1. The van der Waals surface area contributed by atoms with Gasteiger partial charge in [-0.1, -0.05) is 24.2 Å². The minimum absolute atomic E-state index is 0.0637. The van der Waals surface area contributed by atoms with E-state index in [-0.39, 0.29) is 11.8 Å². The van der Waals surface area contributed by atoms with Gasteiger partial charge in [0.2, 0.25) is 0 Å². The molecule has 0 radical (unpaired) electrons. The fourth-order valence-electron chi connectivity index (χ4n) is 2.35. The SMILES string of the molecule is CSc1ccccc1C(=O)N1CC/C(=N/O)C(C)C1. The Bertz CT molecular complexity index is 502. The molecular weight excluding hydrogens is 260 g/mol. The van der Waals surface area contributed by atoms with Gasteiger partial charge in [-0.05, 0) is 18.4 Å². The molecule has 1 heterocycles. The van der Waals surface area contributed by atoms with Crippen molar-refractivity contribution < 1.29 is 10.0 Å². The second kappa shape index (κ2) is 6.10. The van der Waals surface area contributed by atoms with Gasteiger partial charge in [-0.3, -0.25) is 4.79 Å². The van der Waals surface area contributed by atoms with E-state index >= 15 is 0 Å². The Morgan fingerprint density at radius 1 is 1.47 bits per heavy atom. The number of carbonyl (C=O) groups excluding carboxylic acids is 1. The number of benzene rings is 1. The minimum Gasteiger partial charge on any atom is -0.411 e. The van der Waals surface area contributed by atoms with Gasteiger partial charge in [-0.15, -0.1) is 11.8 Å². The zero-order valence-electron chi connectivity index (χ0n) is 11.2. The van der Waals surface area contributed by atoms with Crippen LogP contribution in [0.1, 0.15) is 23.7 Å². The molecule has 5 heteroatoms. The predicted molar refractivity (Wildman–Crippen MR) is 77.1 cm³/mol. The standard InChI is InChI=1S/C14H18N2O2S/c1-10-9-16(8-7-12(10)15-18)14(17)11-5-3-4-6-13(11)19-2/h3-6,10,18H,7-9H2,1-2H3/b15-12-. The Morgan fingerprint density at radius 3 is 2.84 bits per heavy atom. The highest BCUT2D eigenvalue weighted by Gasteiger charge is 2.27. The lowest BCUT2D eigenvalue weighted by Crippen LogP contribution is -2.43. The summed E-state index contributed by atoms with van der Waals surface area (Å²) in [6.07, 6.45) is 2.62. The summed E-state index contributed by atoms with van der Waals surface area (Å²) in [4.78, 5) is 15.4. The van der Waals surface area contributed by atoms with Gasteiger partial charge >= 0.3 is 0 Å². The molecule has 102 valence electrons. The summed E-state index contributed by atoms with van der Waals surface area (Å²) in [6.45, 7) is 3.21. The molecule has 0 spiro atoms. The van der Waals surface area contributed by atoms with E-state index in [0.717, 1.165) is 16.2 Å². The number of oxime groups is 1. The molecule has 1 aliphatic heterocycles. The highest BCUT2D eigenvalue weighted by Crippen LogP contribution is 2.23. The summed E-state index contributed by atoms with van der Waals surface area (Å²) >= 11 is 1.58. The van der Waals surface area contributed by atoms with E-state index in [1.807, 2.05) is 42.3 Å². The van der Waals surface area contributed by atoms with Crippen LogP contribution in [-0.2, 0) is 0 Å². The summed E-state index contributed by atoms with van der Waals surface area (Å²) < 4.78 is 0. The van der Waals surface area contributed by atoms with Crippen LogP contribution in [0.2, 0.25) is 0 Å². The Morgan fingerprint density at radius 2 is 2.21 bits per heavy atom. The molecule has 1 aromatic carbocycles. The average Bonchev–Trinajstić information content (AvgIpc) is 2.46. The van der Waals surface area contributed by atoms with E-state index < -0.39 is 0 Å². The van der Waals surface area contributed by atoms with Crippen LogP contribution in [0.3, 0.4) is 0 Å². The number of thioether (sulfide) groups is 1. The maximum atomic E-state index is 12.5. The van der Waals surface area contributed by atoms with Crippen LogP contribution in [0.5, 0.6) is 0 Å². The van der Waals surface area contributed by atoms with Crippen molar-refractivity contribution in [1.29, 1.82) is 0 Å². The van der Waals surface area contributed by atoms with Gasteiger partial charge in [0.15, 0.2) is 0 Å². The van der Waals surface area contributed by atoms with Gasteiger partial charge in [0, 0.05) is 30.3 Å². The van der Waals surface area contributed by atoms with Crippen molar-refractivity contribution in [2.75, 3.05) is 19.3 Å². The zero-order valence-corrected chi connectivity index (χ0v) is 12.0. The van der Waals surface area contributed by atoms with Gasteiger partial charge < -0.3 is 10.1 Å². The Labute approximate surface area is 117 Å². The minimum atomic E-state index is 0.0637. The first-order valence-electron chi connectivity index (χ1n) is 6.30. The van der Waals surface area contributed by atoms with Crippen molar-refractivity contribution in [2.24, 2.45) is 11.1 Å². The third-order valence-corrected chi connectivity index (χ3v) is 4.25.